The van der Waals surface area contributed by atoms with Crippen LogP contribution >= 0.6 is 0 Å². The number of nitrogens with zero attached hydrogens (tertiary/aromatic N) is 5. The van der Waals surface area contributed by atoms with Gasteiger partial charge in [0.25, 0.3) is 5.91 Å². The maximum atomic E-state index is 12.9. The average molecular weight is 339 g/mol. The Labute approximate surface area is 146 Å². The predicted octanol–water partition coefficient (Wildman–Crippen LogP) is 1.17. The molecule has 2 aromatic heterocycles. The number of carbonyl (C=O) groups excluding carboxylic acids is 2. The molecule has 0 saturated carbocycles. The molecule has 0 radical (unpaired) electrons. The molecule has 0 aromatic carbocycles. The first-order valence-corrected chi connectivity index (χ1v) is 8.68. The topological polar surface area (TPSA) is 71.3 Å². The monoisotopic (exact) mass is 339 g/mol. The summed E-state index contributed by atoms with van der Waals surface area (Å²) in [6, 6.07) is 3.55. The first kappa shape index (κ1) is 15.8. The summed E-state index contributed by atoms with van der Waals surface area (Å²) < 4.78 is 2.10. The molecule has 0 N–H and O–H groups in total. The SMILES string of the molecule is O=C1CCCN1C[C@H]1CN(C(=O)c2cccnc2)Cc2nccn2C1. The van der Waals surface area contributed by atoms with Gasteiger partial charge in [-0.15, -0.1) is 0 Å². The van der Waals surface area contributed by atoms with Gasteiger partial charge < -0.3 is 14.4 Å². The van der Waals surface area contributed by atoms with E-state index in [1.54, 1.807) is 30.7 Å². The minimum absolute atomic E-state index is 0.0395. The summed E-state index contributed by atoms with van der Waals surface area (Å²) in [6.45, 7) is 3.37. The Bertz CT molecular complexity index is 773. The maximum Gasteiger partial charge on any atom is 0.255 e. The van der Waals surface area contributed by atoms with Crippen molar-refractivity contribution >= 4 is 11.8 Å². The van der Waals surface area contributed by atoms with E-state index in [4.69, 9.17) is 0 Å². The second kappa shape index (κ2) is 6.66. The van der Waals surface area contributed by atoms with Gasteiger partial charge in [-0.25, -0.2) is 4.98 Å². The third-order valence-corrected chi connectivity index (χ3v) is 4.91. The van der Waals surface area contributed by atoms with Crippen molar-refractivity contribution < 1.29 is 9.59 Å². The number of imidazole rings is 1. The van der Waals surface area contributed by atoms with Gasteiger partial charge in [0.05, 0.1) is 12.1 Å². The number of rotatable bonds is 3. The van der Waals surface area contributed by atoms with Crippen LogP contribution in [0.2, 0.25) is 0 Å². The van der Waals surface area contributed by atoms with E-state index in [-0.39, 0.29) is 17.7 Å². The molecule has 0 aliphatic carbocycles. The molecule has 7 heteroatoms. The number of hydrogen-bond acceptors (Lipinski definition) is 4. The van der Waals surface area contributed by atoms with Crippen LogP contribution in [-0.2, 0) is 17.9 Å². The van der Waals surface area contributed by atoms with Crippen molar-refractivity contribution in [1.82, 2.24) is 24.3 Å². The number of aromatic nitrogens is 3. The van der Waals surface area contributed by atoms with Gasteiger partial charge in [0.1, 0.15) is 5.82 Å². The van der Waals surface area contributed by atoms with Gasteiger partial charge in [-0.1, -0.05) is 0 Å². The van der Waals surface area contributed by atoms with Crippen LogP contribution in [0.5, 0.6) is 0 Å². The molecule has 130 valence electrons. The van der Waals surface area contributed by atoms with Crippen molar-refractivity contribution in [1.29, 1.82) is 0 Å². The van der Waals surface area contributed by atoms with Crippen LogP contribution in [0.15, 0.2) is 36.9 Å². The molecule has 7 nitrogen and oxygen atoms in total. The zero-order chi connectivity index (χ0) is 17.2. The lowest BCUT2D eigenvalue weighted by Crippen LogP contribution is -2.39. The number of pyridine rings is 1. The van der Waals surface area contributed by atoms with Crippen molar-refractivity contribution in [2.75, 3.05) is 19.6 Å². The molecule has 4 heterocycles. The number of likely N-dealkylation sites (tertiary alicyclic amines) is 1. The van der Waals surface area contributed by atoms with Crippen LogP contribution in [0.3, 0.4) is 0 Å². The summed E-state index contributed by atoms with van der Waals surface area (Å²) in [6.07, 6.45) is 8.55. The Hall–Kier alpha value is -2.70. The van der Waals surface area contributed by atoms with Gasteiger partial charge >= 0.3 is 0 Å². The average Bonchev–Trinajstić information content (AvgIpc) is 3.19. The normalized spacial score (nSPS) is 20.5. The Kier molecular flexibility index (Phi) is 4.21. The van der Waals surface area contributed by atoms with Gasteiger partial charge in [0.15, 0.2) is 0 Å². The molecule has 1 saturated heterocycles. The quantitative estimate of drug-likeness (QED) is 0.842. The smallest absolute Gasteiger partial charge is 0.255 e. The first-order chi connectivity index (χ1) is 12.2. The molecule has 1 fully saturated rings. The molecule has 25 heavy (non-hydrogen) atoms. The molecule has 2 amide bonds. The molecular weight excluding hydrogens is 318 g/mol. The van der Waals surface area contributed by atoms with Crippen LogP contribution in [0.25, 0.3) is 0 Å². The molecule has 2 aromatic rings. The number of hydrogen-bond donors (Lipinski definition) is 0. The van der Waals surface area contributed by atoms with Crippen molar-refractivity contribution in [2.24, 2.45) is 5.92 Å². The van der Waals surface area contributed by atoms with E-state index in [0.29, 0.717) is 31.6 Å². The largest absolute Gasteiger partial charge is 0.342 e. The zero-order valence-electron chi connectivity index (χ0n) is 14.0. The van der Waals surface area contributed by atoms with E-state index in [9.17, 15) is 9.59 Å². The van der Waals surface area contributed by atoms with Crippen molar-refractivity contribution in [3.8, 4) is 0 Å². The fourth-order valence-electron chi connectivity index (χ4n) is 3.69. The lowest BCUT2D eigenvalue weighted by Gasteiger charge is -2.27. The van der Waals surface area contributed by atoms with Crippen LogP contribution in [0.4, 0.5) is 0 Å². The van der Waals surface area contributed by atoms with Crippen molar-refractivity contribution in [3.05, 3.63) is 48.3 Å². The molecule has 0 unspecified atom stereocenters. The van der Waals surface area contributed by atoms with Crippen LogP contribution in [0, 0.1) is 5.92 Å². The summed E-state index contributed by atoms with van der Waals surface area (Å²) in [5.41, 5.74) is 0.582. The standard InChI is InChI=1S/C18H21N5O2/c24-17-4-2-7-22(17)11-14-10-21-8-6-20-16(21)13-23(12-14)18(25)15-3-1-5-19-9-15/h1,3,5-6,8-9,14H,2,4,7,10-13H2/t14-/m0/s1. The minimum Gasteiger partial charge on any atom is -0.342 e. The highest BCUT2D eigenvalue weighted by Gasteiger charge is 2.30. The zero-order valence-corrected chi connectivity index (χ0v) is 14.0. The molecule has 4 rings (SSSR count). The predicted molar refractivity (Wildman–Crippen MR) is 90.5 cm³/mol. The van der Waals surface area contributed by atoms with Gasteiger partial charge in [0, 0.05) is 63.3 Å². The molecule has 0 spiro atoms. The van der Waals surface area contributed by atoms with Crippen molar-refractivity contribution in [2.45, 2.75) is 25.9 Å². The second-order valence-electron chi connectivity index (χ2n) is 6.73. The number of amides is 2. The van der Waals surface area contributed by atoms with Gasteiger partial charge in [-0.3, -0.25) is 14.6 Å². The molecule has 1 atom stereocenters. The lowest BCUT2D eigenvalue weighted by atomic mass is 10.1. The Morgan fingerprint density at radius 2 is 2.20 bits per heavy atom. The van der Waals surface area contributed by atoms with Crippen molar-refractivity contribution in [3.63, 3.8) is 0 Å². The van der Waals surface area contributed by atoms with Gasteiger partial charge in [0.2, 0.25) is 5.91 Å². The third-order valence-electron chi connectivity index (χ3n) is 4.91. The van der Waals surface area contributed by atoms with E-state index in [1.165, 1.54) is 0 Å². The van der Waals surface area contributed by atoms with E-state index in [0.717, 1.165) is 25.3 Å². The summed E-state index contributed by atoms with van der Waals surface area (Å²) >= 11 is 0. The van der Waals surface area contributed by atoms with E-state index in [1.807, 2.05) is 16.0 Å². The Balaban J connectivity index is 1.57. The number of fused-ring (bicyclic) bond motifs is 1. The minimum atomic E-state index is -0.0395. The summed E-state index contributed by atoms with van der Waals surface area (Å²) in [5.74, 6) is 1.26. The number of carbonyl (C=O) groups is 2. The first-order valence-electron chi connectivity index (χ1n) is 8.68. The second-order valence-corrected chi connectivity index (χ2v) is 6.73. The molecular formula is C18H21N5O2. The Morgan fingerprint density at radius 1 is 1.28 bits per heavy atom. The highest BCUT2D eigenvalue weighted by Crippen LogP contribution is 2.20. The maximum absolute atomic E-state index is 12.9. The lowest BCUT2D eigenvalue weighted by molar-refractivity contribution is -0.128. The summed E-state index contributed by atoms with van der Waals surface area (Å²) in [5, 5.41) is 0. The molecule has 2 aliphatic heterocycles. The van der Waals surface area contributed by atoms with E-state index in [2.05, 4.69) is 14.5 Å². The fourth-order valence-corrected chi connectivity index (χ4v) is 3.69. The Morgan fingerprint density at radius 3 is 2.96 bits per heavy atom. The molecule has 2 aliphatic rings. The van der Waals surface area contributed by atoms with Crippen LogP contribution < -0.4 is 0 Å². The van der Waals surface area contributed by atoms with Crippen LogP contribution in [-0.4, -0.2) is 55.8 Å². The van der Waals surface area contributed by atoms with E-state index >= 15 is 0 Å². The summed E-state index contributed by atoms with van der Waals surface area (Å²) in [4.78, 5) is 37.1. The third kappa shape index (κ3) is 3.26. The molecule has 0 bridgehead atoms. The summed E-state index contributed by atoms with van der Waals surface area (Å²) in [7, 11) is 0. The van der Waals surface area contributed by atoms with Crippen LogP contribution in [0.1, 0.15) is 29.0 Å². The fraction of sp³-hybridized carbons (Fsp3) is 0.444. The van der Waals surface area contributed by atoms with Gasteiger partial charge in [-0.2, -0.15) is 0 Å². The highest BCUT2D eigenvalue weighted by atomic mass is 16.2. The highest BCUT2D eigenvalue weighted by molar-refractivity contribution is 5.93. The van der Waals surface area contributed by atoms with Gasteiger partial charge in [-0.05, 0) is 18.6 Å². The van der Waals surface area contributed by atoms with E-state index < -0.39 is 0 Å².